The van der Waals surface area contributed by atoms with E-state index in [1.165, 1.54) is 12.8 Å². The van der Waals surface area contributed by atoms with E-state index in [0.29, 0.717) is 29.7 Å². The first-order valence-electron chi connectivity index (χ1n) is 8.95. The molecule has 1 fully saturated rings. The molecular formula is C19H32IN3O3. The number of nitrogens with zero attached hydrogens (tertiary/aromatic N) is 2. The molecule has 1 aliphatic rings. The Bertz CT molecular complexity index is 570. The van der Waals surface area contributed by atoms with Crippen LogP contribution in [0.5, 0.6) is 17.2 Å². The number of likely N-dealkylation sites (tertiary alicyclic amines) is 1. The number of nitrogens with one attached hydrogen (secondary N) is 1. The van der Waals surface area contributed by atoms with Crippen LogP contribution in [-0.2, 0) is 6.54 Å². The van der Waals surface area contributed by atoms with E-state index in [9.17, 15) is 0 Å². The molecule has 0 spiro atoms. The first-order valence-corrected chi connectivity index (χ1v) is 8.95. The van der Waals surface area contributed by atoms with E-state index >= 15 is 0 Å². The van der Waals surface area contributed by atoms with Crippen molar-refractivity contribution in [2.45, 2.75) is 33.2 Å². The maximum absolute atomic E-state index is 5.42. The van der Waals surface area contributed by atoms with E-state index in [-0.39, 0.29) is 24.0 Å². The van der Waals surface area contributed by atoms with Crippen molar-refractivity contribution < 1.29 is 14.2 Å². The fourth-order valence-corrected chi connectivity index (χ4v) is 3.20. The molecule has 0 aliphatic carbocycles. The van der Waals surface area contributed by atoms with Crippen LogP contribution in [0.25, 0.3) is 0 Å². The van der Waals surface area contributed by atoms with Crippen molar-refractivity contribution in [2.24, 2.45) is 10.9 Å². The van der Waals surface area contributed by atoms with E-state index < -0.39 is 0 Å². The molecule has 1 unspecified atom stereocenters. The number of ether oxygens (including phenoxy) is 3. The largest absolute Gasteiger partial charge is 0.493 e. The Morgan fingerprint density at radius 1 is 1.19 bits per heavy atom. The summed E-state index contributed by atoms with van der Waals surface area (Å²) in [5.74, 6) is 3.60. The van der Waals surface area contributed by atoms with Crippen LogP contribution in [0, 0.1) is 5.92 Å². The van der Waals surface area contributed by atoms with Gasteiger partial charge in [-0.2, -0.15) is 0 Å². The van der Waals surface area contributed by atoms with Gasteiger partial charge in [-0.1, -0.05) is 6.92 Å². The molecule has 0 radical (unpaired) electrons. The number of benzene rings is 1. The summed E-state index contributed by atoms with van der Waals surface area (Å²) in [6.45, 7) is 7.94. The highest BCUT2D eigenvalue weighted by atomic mass is 127. The average Bonchev–Trinajstić information content (AvgIpc) is 2.64. The number of hydrogen-bond donors (Lipinski definition) is 1. The van der Waals surface area contributed by atoms with E-state index in [0.717, 1.165) is 31.2 Å². The molecule has 0 bridgehead atoms. The second-order valence-corrected chi connectivity index (χ2v) is 6.40. The van der Waals surface area contributed by atoms with E-state index in [1.54, 1.807) is 21.3 Å². The van der Waals surface area contributed by atoms with Crippen LogP contribution in [0.4, 0.5) is 0 Å². The number of rotatable bonds is 6. The molecule has 1 aromatic rings. The minimum absolute atomic E-state index is 0. The Morgan fingerprint density at radius 3 is 2.35 bits per heavy atom. The molecule has 1 heterocycles. The summed E-state index contributed by atoms with van der Waals surface area (Å²) in [6.07, 6.45) is 2.51. The molecule has 7 heteroatoms. The van der Waals surface area contributed by atoms with Gasteiger partial charge in [-0.25, -0.2) is 4.99 Å². The molecular weight excluding hydrogens is 445 g/mol. The van der Waals surface area contributed by atoms with Gasteiger partial charge in [0, 0.05) is 19.6 Å². The molecule has 0 amide bonds. The van der Waals surface area contributed by atoms with Gasteiger partial charge in [-0.3, -0.25) is 0 Å². The molecule has 26 heavy (non-hydrogen) atoms. The van der Waals surface area contributed by atoms with Crippen LogP contribution in [0.1, 0.15) is 32.3 Å². The Morgan fingerprint density at radius 2 is 1.85 bits per heavy atom. The minimum Gasteiger partial charge on any atom is -0.493 e. The number of hydrogen-bond acceptors (Lipinski definition) is 4. The molecule has 6 nitrogen and oxygen atoms in total. The summed E-state index contributed by atoms with van der Waals surface area (Å²) < 4.78 is 16.2. The number of halogens is 1. The Labute approximate surface area is 174 Å². The van der Waals surface area contributed by atoms with Gasteiger partial charge in [0.15, 0.2) is 17.5 Å². The van der Waals surface area contributed by atoms with Gasteiger partial charge in [0.05, 0.1) is 27.9 Å². The smallest absolute Gasteiger partial charge is 0.203 e. The van der Waals surface area contributed by atoms with Gasteiger partial charge >= 0.3 is 0 Å². The fourth-order valence-electron chi connectivity index (χ4n) is 3.20. The van der Waals surface area contributed by atoms with Crippen molar-refractivity contribution in [2.75, 3.05) is 41.0 Å². The zero-order chi connectivity index (χ0) is 18.2. The summed E-state index contributed by atoms with van der Waals surface area (Å²) in [5, 5.41) is 3.41. The van der Waals surface area contributed by atoms with Crippen LogP contribution in [0.3, 0.4) is 0 Å². The summed E-state index contributed by atoms with van der Waals surface area (Å²) >= 11 is 0. The highest BCUT2D eigenvalue weighted by molar-refractivity contribution is 14.0. The quantitative estimate of drug-likeness (QED) is 0.386. The topological polar surface area (TPSA) is 55.3 Å². The number of piperidine rings is 1. The molecule has 148 valence electrons. The lowest BCUT2D eigenvalue weighted by Crippen LogP contribution is -2.46. The van der Waals surface area contributed by atoms with Crippen LogP contribution >= 0.6 is 24.0 Å². The van der Waals surface area contributed by atoms with Gasteiger partial charge in [0.25, 0.3) is 0 Å². The third-order valence-electron chi connectivity index (χ3n) is 4.43. The van der Waals surface area contributed by atoms with Crippen molar-refractivity contribution in [3.05, 3.63) is 17.7 Å². The second kappa shape index (κ2) is 11.4. The highest BCUT2D eigenvalue weighted by Gasteiger charge is 2.19. The molecule has 0 aromatic heterocycles. The van der Waals surface area contributed by atoms with Gasteiger partial charge in [-0.05, 0) is 43.4 Å². The average molecular weight is 477 g/mol. The summed E-state index contributed by atoms with van der Waals surface area (Å²) in [7, 11) is 4.87. The number of methoxy groups -OCH3 is 3. The third kappa shape index (κ3) is 5.82. The lowest BCUT2D eigenvalue weighted by atomic mass is 10.0. The lowest BCUT2D eigenvalue weighted by Gasteiger charge is -2.33. The molecule has 1 aromatic carbocycles. The summed E-state index contributed by atoms with van der Waals surface area (Å²) in [4.78, 5) is 7.18. The normalized spacial score (nSPS) is 17.3. The maximum Gasteiger partial charge on any atom is 0.203 e. The molecule has 1 N–H and O–H groups in total. The van der Waals surface area contributed by atoms with Crippen LogP contribution in [0.15, 0.2) is 17.1 Å². The van der Waals surface area contributed by atoms with Crippen molar-refractivity contribution in [1.82, 2.24) is 10.2 Å². The Kier molecular flexibility index (Phi) is 9.90. The van der Waals surface area contributed by atoms with Crippen molar-refractivity contribution in [3.8, 4) is 17.2 Å². The van der Waals surface area contributed by atoms with Gasteiger partial charge in [0.2, 0.25) is 5.75 Å². The standard InChI is InChI=1S/C19H31N3O3.HI/c1-6-20-19(22-9-7-8-14(2)13-22)21-12-15-10-16(23-3)18(25-5)17(11-15)24-4;/h10-11,14H,6-9,12-13H2,1-5H3,(H,20,21);1H. The highest BCUT2D eigenvalue weighted by Crippen LogP contribution is 2.38. The second-order valence-electron chi connectivity index (χ2n) is 6.40. The molecule has 0 saturated carbocycles. The summed E-state index contributed by atoms with van der Waals surface area (Å²) in [6, 6.07) is 3.90. The number of guanidine groups is 1. The van der Waals surface area contributed by atoms with Crippen molar-refractivity contribution in [1.29, 1.82) is 0 Å². The molecule has 2 rings (SSSR count). The van der Waals surface area contributed by atoms with Gasteiger partial charge in [0.1, 0.15) is 0 Å². The SMILES string of the molecule is CCNC(=NCc1cc(OC)c(OC)c(OC)c1)N1CCCC(C)C1.I. The first kappa shape index (κ1) is 22.7. The zero-order valence-electron chi connectivity index (χ0n) is 16.5. The van der Waals surface area contributed by atoms with Crippen LogP contribution in [-0.4, -0.2) is 51.8 Å². The van der Waals surface area contributed by atoms with Crippen molar-refractivity contribution in [3.63, 3.8) is 0 Å². The van der Waals surface area contributed by atoms with E-state index in [2.05, 4.69) is 24.1 Å². The van der Waals surface area contributed by atoms with Gasteiger partial charge in [-0.15, -0.1) is 24.0 Å². The minimum atomic E-state index is 0. The van der Waals surface area contributed by atoms with Crippen LogP contribution < -0.4 is 19.5 Å². The first-order chi connectivity index (χ1) is 12.1. The molecule has 1 saturated heterocycles. The Balaban J connectivity index is 0.00000338. The van der Waals surface area contributed by atoms with Crippen molar-refractivity contribution >= 4 is 29.9 Å². The van der Waals surface area contributed by atoms with E-state index in [4.69, 9.17) is 19.2 Å². The third-order valence-corrected chi connectivity index (χ3v) is 4.43. The monoisotopic (exact) mass is 477 g/mol. The predicted molar refractivity (Wildman–Crippen MR) is 116 cm³/mol. The molecule has 1 atom stereocenters. The lowest BCUT2D eigenvalue weighted by molar-refractivity contribution is 0.266. The summed E-state index contributed by atoms with van der Waals surface area (Å²) in [5.41, 5.74) is 1.02. The number of aliphatic imine (C=N–C) groups is 1. The van der Waals surface area contributed by atoms with Crippen LogP contribution in [0.2, 0.25) is 0 Å². The Hall–Kier alpha value is -1.38. The molecule has 1 aliphatic heterocycles. The van der Waals surface area contributed by atoms with E-state index in [1.807, 2.05) is 12.1 Å². The predicted octanol–water partition coefficient (Wildman–Crippen LogP) is 3.53. The maximum atomic E-state index is 5.42. The van der Waals surface area contributed by atoms with Gasteiger partial charge < -0.3 is 24.4 Å². The zero-order valence-corrected chi connectivity index (χ0v) is 18.8. The fraction of sp³-hybridized carbons (Fsp3) is 0.632.